The third-order valence-electron chi connectivity index (χ3n) is 2.64. The molecule has 1 rings (SSSR count). The van der Waals surface area contributed by atoms with Gasteiger partial charge in [0.25, 0.3) is 0 Å². The molecule has 100 valence electrons. The van der Waals surface area contributed by atoms with Gasteiger partial charge in [0.05, 0.1) is 6.42 Å². The Balaban J connectivity index is 2.14. The van der Waals surface area contributed by atoms with E-state index in [1.54, 1.807) is 12.1 Å². The van der Waals surface area contributed by atoms with E-state index in [0.717, 1.165) is 18.2 Å². The minimum Gasteiger partial charge on any atom is -0.356 e. The summed E-state index contributed by atoms with van der Waals surface area (Å²) >= 11 is 3.38. The first kappa shape index (κ1) is 15.2. The number of nitrogens with one attached hydrogen (secondary N) is 1. The van der Waals surface area contributed by atoms with Gasteiger partial charge in [-0.3, -0.25) is 4.79 Å². The van der Waals surface area contributed by atoms with Gasteiger partial charge >= 0.3 is 0 Å². The maximum atomic E-state index is 12.9. The average molecular weight is 316 g/mol. The van der Waals surface area contributed by atoms with E-state index < -0.39 is 0 Å². The first-order valence-electron chi connectivity index (χ1n) is 6.29. The van der Waals surface area contributed by atoms with E-state index in [1.165, 1.54) is 25.0 Å². The summed E-state index contributed by atoms with van der Waals surface area (Å²) in [5.41, 5.74) is 0.715. The lowest BCUT2D eigenvalue weighted by atomic mass is 10.1. The van der Waals surface area contributed by atoms with Crippen LogP contribution >= 0.6 is 15.9 Å². The van der Waals surface area contributed by atoms with Crippen LogP contribution in [0, 0.1) is 5.82 Å². The average Bonchev–Trinajstić information content (AvgIpc) is 2.33. The SMILES string of the molecule is O=C(Cc1cccc(F)c1)NCCCCCCBr. The fraction of sp³-hybridized carbons (Fsp3) is 0.500. The van der Waals surface area contributed by atoms with Crippen molar-refractivity contribution in [2.75, 3.05) is 11.9 Å². The van der Waals surface area contributed by atoms with Gasteiger partial charge in [0.15, 0.2) is 0 Å². The van der Waals surface area contributed by atoms with Crippen LogP contribution in [0.5, 0.6) is 0 Å². The number of carbonyl (C=O) groups is 1. The van der Waals surface area contributed by atoms with Crippen LogP contribution in [-0.2, 0) is 11.2 Å². The zero-order valence-corrected chi connectivity index (χ0v) is 12.0. The van der Waals surface area contributed by atoms with Crippen LogP contribution < -0.4 is 5.32 Å². The Morgan fingerprint density at radius 2 is 2.00 bits per heavy atom. The molecule has 0 unspecified atom stereocenters. The zero-order valence-electron chi connectivity index (χ0n) is 10.4. The van der Waals surface area contributed by atoms with Gasteiger partial charge in [-0.15, -0.1) is 0 Å². The Hall–Kier alpha value is -0.900. The first-order chi connectivity index (χ1) is 8.72. The highest BCUT2D eigenvalue weighted by molar-refractivity contribution is 9.09. The van der Waals surface area contributed by atoms with Gasteiger partial charge in [0.1, 0.15) is 5.82 Å². The highest BCUT2D eigenvalue weighted by atomic mass is 79.9. The Bertz CT molecular complexity index is 371. The standard InChI is InChI=1S/C14H19BrFNO/c15-8-3-1-2-4-9-17-14(18)11-12-6-5-7-13(16)10-12/h5-7,10H,1-4,8-9,11H2,(H,17,18). The van der Waals surface area contributed by atoms with Crippen molar-refractivity contribution >= 4 is 21.8 Å². The molecular formula is C14H19BrFNO. The fourth-order valence-electron chi connectivity index (χ4n) is 1.70. The summed E-state index contributed by atoms with van der Waals surface area (Å²) in [6.45, 7) is 0.705. The second kappa shape index (κ2) is 9.09. The maximum absolute atomic E-state index is 12.9. The number of amides is 1. The van der Waals surface area contributed by atoms with E-state index in [1.807, 2.05) is 0 Å². The molecule has 0 saturated carbocycles. The van der Waals surface area contributed by atoms with E-state index >= 15 is 0 Å². The number of carbonyl (C=O) groups excluding carboxylic acids is 1. The molecule has 0 heterocycles. The van der Waals surface area contributed by atoms with E-state index in [4.69, 9.17) is 0 Å². The molecule has 0 radical (unpaired) electrons. The molecule has 0 fully saturated rings. The van der Waals surface area contributed by atoms with Crippen LogP contribution in [0.3, 0.4) is 0 Å². The molecule has 0 spiro atoms. The van der Waals surface area contributed by atoms with Crippen LogP contribution in [0.2, 0.25) is 0 Å². The molecule has 0 saturated heterocycles. The predicted octanol–water partition coefficient (Wildman–Crippen LogP) is 3.44. The number of hydrogen-bond acceptors (Lipinski definition) is 1. The predicted molar refractivity (Wildman–Crippen MR) is 75.4 cm³/mol. The molecule has 0 bridgehead atoms. The number of benzene rings is 1. The van der Waals surface area contributed by atoms with Crippen LogP contribution in [0.15, 0.2) is 24.3 Å². The van der Waals surface area contributed by atoms with Crippen molar-refractivity contribution in [2.45, 2.75) is 32.1 Å². The third-order valence-corrected chi connectivity index (χ3v) is 3.20. The second-order valence-electron chi connectivity index (χ2n) is 4.26. The normalized spacial score (nSPS) is 10.3. The summed E-state index contributed by atoms with van der Waals surface area (Å²) in [6, 6.07) is 6.16. The smallest absolute Gasteiger partial charge is 0.224 e. The summed E-state index contributed by atoms with van der Waals surface area (Å²) in [4.78, 5) is 11.6. The number of rotatable bonds is 8. The minimum absolute atomic E-state index is 0.0407. The van der Waals surface area contributed by atoms with Crippen molar-refractivity contribution in [2.24, 2.45) is 0 Å². The molecular weight excluding hydrogens is 297 g/mol. The summed E-state index contributed by atoms with van der Waals surface area (Å²) in [5, 5.41) is 3.90. The van der Waals surface area contributed by atoms with Crippen molar-refractivity contribution in [3.8, 4) is 0 Å². The quantitative estimate of drug-likeness (QED) is 0.578. The summed E-state index contributed by atoms with van der Waals surface area (Å²) in [7, 11) is 0. The number of hydrogen-bond donors (Lipinski definition) is 1. The largest absolute Gasteiger partial charge is 0.356 e. The van der Waals surface area contributed by atoms with E-state index in [2.05, 4.69) is 21.2 Å². The van der Waals surface area contributed by atoms with E-state index in [-0.39, 0.29) is 18.1 Å². The van der Waals surface area contributed by atoms with Gasteiger partial charge in [-0.2, -0.15) is 0 Å². The molecule has 1 aromatic rings. The molecule has 1 aromatic carbocycles. The molecule has 0 aliphatic heterocycles. The highest BCUT2D eigenvalue weighted by Crippen LogP contribution is 2.04. The molecule has 2 nitrogen and oxygen atoms in total. The lowest BCUT2D eigenvalue weighted by Gasteiger charge is -2.05. The number of halogens is 2. The van der Waals surface area contributed by atoms with Gasteiger partial charge in [0, 0.05) is 11.9 Å². The summed E-state index contributed by atoms with van der Waals surface area (Å²) < 4.78 is 12.9. The Kier molecular flexibility index (Phi) is 7.65. The van der Waals surface area contributed by atoms with Crippen molar-refractivity contribution in [1.29, 1.82) is 0 Å². The number of alkyl halides is 1. The molecule has 0 aliphatic carbocycles. The molecule has 0 atom stereocenters. The highest BCUT2D eigenvalue weighted by Gasteiger charge is 2.03. The minimum atomic E-state index is -0.296. The lowest BCUT2D eigenvalue weighted by molar-refractivity contribution is -0.120. The van der Waals surface area contributed by atoms with Crippen LogP contribution in [0.25, 0.3) is 0 Å². The van der Waals surface area contributed by atoms with Gasteiger partial charge < -0.3 is 5.32 Å². The number of unbranched alkanes of at least 4 members (excludes halogenated alkanes) is 3. The molecule has 4 heteroatoms. The summed E-state index contributed by atoms with van der Waals surface area (Å²) in [5.74, 6) is -0.337. The topological polar surface area (TPSA) is 29.1 Å². The van der Waals surface area contributed by atoms with Gasteiger partial charge in [-0.25, -0.2) is 4.39 Å². The fourth-order valence-corrected chi connectivity index (χ4v) is 2.09. The molecule has 18 heavy (non-hydrogen) atoms. The van der Waals surface area contributed by atoms with Crippen LogP contribution in [-0.4, -0.2) is 17.8 Å². The Labute approximate surface area is 116 Å². The third kappa shape index (κ3) is 6.74. The van der Waals surface area contributed by atoms with Crippen molar-refractivity contribution in [3.63, 3.8) is 0 Å². The summed E-state index contributed by atoms with van der Waals surface area (Å²) in [6.07, 6.45) is 4.75. The monoisotopic (exact) mass is 315 g/mol. The molecule has 1 amide bonds. The van der Waals surface area contributed by atoms with E-state index in [9.17, 15) is 9.18 Å². The second-order valence-corrected chi connectivity index (χ2v) is 5.05. The van der Waals surface area contributed by atoms with Gasteiger partial charge in [-0.05, 0) is 30.5 Å². The maximum Gasteiger partial charge on any atom is 0.224 e. The van der Waals surface area contributed by atoms with Crippen LogP contribution in [0.4, 0.5) is 4.39 Å². The van der Waals surface area contributed by atoms with Gasteiger partial charge in [0.2, 0.25) is 5.91 Å². The molecule has 0 aromatic heterocycles. The Morgan fingerprint density at radius 1 is 1.22 bits per heavy atom. The zero-order chi connectivity index (χ0) is 13.2. The molecule has 0 aliphatic rings. The lowest BCUT2D eigenvalue weighted by Crippen LogP contribution is -2.26. The van der Waals surface area contributed by atoms with Crippen molar-refractivity contribution in [3.05, 3.63) is 35.6 Å². The van der Waals surface area contributed by atoms with Crippen LogP contribution in [0.1, 0.15) is 31.2 Å². The molecule has 1 N–H and O–H groups in total. The van der Waals surface area contributed by atoms with Gasteiger partial charge in [-0.1, -0.05) is 40.9 Å². The Morgan fingerprint density at radius 3 is 2.72 bits per heavy atom. The first-order valence-corrected chi connectivity index (χ1v) is 7.41. The van der Waals surface area contributed by atoms with Crippen molar-refractivity contribution in [1.82, 2.24) is 5.32 Å². The van der Waals surface area contributed by atoms with Crippen molar-refractivity contribution < 1.29 is 9.18 Å². The van der Waals surface area contributed by atoms with E-state index in [0.29, 0.717) is 12.1 Å².